The highest BCUT2D eigenvalue weighted by Gasteiger charge is 2.33. The van der Waals surface area contributed by atoms with E-state index in [1.54, 1.807) is 0 Å². The lowest BCUT2D eigenvalue weighted by Gasteiger charge is -2.19. The summed E-state index contributed by atoms with van der Waals surface area (Å²) in [6.07, 6.45) is 7.83. The molecule has 1 aromatic rings. The third kappa shape index (κ3) is 2.32. The first-order valence-corrected chi connectivity index (χ1v) is 5.74. The van der Waals surface area contributed by atoms with E-state index < -0.39 is 0 Å². The second-order valence-corrected chi connectivity index (χ2v) is 4.73. The number of nitrogens with one attached hydrogen (secondary N) is 1. The van der Waals surface area contributed by atoms with E-state index in [-0.39, 0.29) is 0 Å². The smallest absolute Gasteiger partial charge is 0.0346 e. The molecule has 0 fully saturated rings. The van der Waals surface area contributed by atoms with Gasteiger partial charge in [0.05, 0.1) is 0 Å². The normalized spacial score (nSPS) is 21.6. The lowest BCUT2D eigenvalue weighted by molar-refractivity contribution is 0.422. The third-order valence-electron chi connectivity index (χ3n) is 3.01. The largest absolute Gasteiger partial charge is 0.327 e. The number of hydrogen-bond acceptors (Lipinski definition) is 1. The van der Waals surface area contributed by atoms with E-state index >= 15 is 0 Å². The summed E-state index contributed by atoms with van der Waals surface area (Å²) in [5, 5.41) is 3.42. The highest BCUT2D eigenvalue weighted by atomic mass is 15.0. The van der Waals surface area contributed by atoms with Gasteiger partial charge in [-0.2, -0.15) is 0 Å². The van der Waals surface area contributed by atoms with Gasteiger partial charge in [0.15, 0.2) is 0 Å². The lowest BCUT2D eigenvalue weighted by atomic mass is 9.99. The van der Waals surface area contributed by atoms with E-state index in [4.69, 9.17) is 0 Å². The Labute approximate surface area is 92.0 Å². The van der Waals surface area contributed by atoms with E-state index in [9.17, 15) is 0 Å². The van der Waals surface area contributed by atoms with Gasteiger partial charge in [0.25, 0.3) is 0 Å². The first kappa shape index (κ1) is 10.5. The molecule has 0 amide bonds. The molecule has 0 aromatic carbocycles. The molecular formula is C13H20N2. The van der Waals surface area contributed by atoms with Crippen LogP contribution in [0.1, 0.15) is 20.3 Å². The Morgan fingerprint density at radius 1 is 1.33 bits per heavy atom. The van der Waals surface area contributed by atoms with Crippen molar-refractivity contribution in [3.8, 4) is 0 Å². The summed E-state index contributed by atoms with van der Waals surface area (Å²) in [5.74, 6) is 1.38. The van der Waals surface area contributed by atoms with Crippen LogP contribution >= 0.6 is 0 Å². The maximum absolute atomic E-state index is 3.42. The molecule has 2 heteroatoms. The van der Waals surface area contributed by atoms with Crippen LogP contribution in [0.15, 0.2) is 30.6 Å². The quantitative estimate of drug-likeness (QED) is 0.780. The first-order valence-electron chi connectivity index (χ1n) is 5.74. The first-order chi connectivity index (χ1) is 7.22. The molecule has 2 rings (SSSR count). The molecule has 1 heterocycles. The van der Waals surface area contributed by atoms with Crippen LogP contribution in [0.2, 0.25) is 0 Å². The summed E-state index contributed by atoms with van der Waals surface area (Å²) in [6.45, 7) is 4.56. The molecule has 2 nitrogen and oxygen atoms in total. The molecule has 1 N–H and O–H groups in total. The number of aromatic nitrogens is 1. The van der Waals surface area contributed by atoms with Crippen molar-refractivity contribution in [2.24, 2.45) is 11.8 Å². The second kappa shape index (κ2) is 4.23. The van der Waals surface area contributed by atoms with Crippen molar-refractivity contribution in [2.75, 3.05) is 7.05 Å². The molecule has 0 bridgehead atoms. The van der Waals surface area contributed by atoms with Crippen LogP contribution in [0.25, 0.3) is 5.70 Å². The van der Waals surface area contributed by atoms with Crippen molar-refractivity contribution >= 4 is 5.70 Å². The lowest BCUT2D eigenvalue weighted by Crippen LogP contribution is -2.30. The average molecular weight is 204 g/mol. The van der Waals surface area contributed by atoms with Crippen LogP contribution in [0, 0.1) is 11.8 Å². The van der Waals surface area contributed by atoms with E-state index in [1.165, 1.54) is 12.1 Å². The highest BCUT2D eigenvalue weighted by Crippen LogP contribution is 2.38. The molecule has 0 saturated carbocycles. The second-order valence-electron chi connectivity index (χ2n) is 4.73. The monoisotopic (exact) mass is 204 g/mol. The zero-order valence-corrected chi connectivity index (χ0v) is 9.77. The third-order valence-corrected chi connectivity index (χ3v) is 3.01. The number of rotatable bonds is 5. The van der Waals surface area contributed by atoms with Gasteiger partial charge in [0, 0.05) is 30.1 Å². The van der Waals surface area contributed by atoms with Crippen LogP contribution in [0.3, 0.4) is 0 Å². The van der Waals surface area contributed by atoms with Gasteiger partial charge in [-0.05, 0) is 31.5 Å². The van der Waals surface area contributed by atoms with Gasteiger partial charge in [0.2, 0.25) is 0 Å². The molecule has 2 unspecified atom stereocenters. The van der Waals surface area contributed by atoms with E-state index in [0.717, 1.165) is 5.92 Å². The highest BCUT2D eigenvalue weighted by molar-refractivity contribution is 5.67. The Bertz CT molecular complexity index is 335. The molecule has 2 atom stereocenters. The zero-order valence-electron chi connectivity index (χ0n) is 9.77. The van der Waals surface area contributed by atoms with E-state index in [2.05, 4.69) is 61.4 Å². The molecule has 1 aliphatic rings. The molecule has 1 aromatic heterocycles. The van der Waals surface area contributed by atoms with Crippen LogP contribution in [0.5, 0.6) is 0 Å². The Kier molecular flexibility index (Phi) is 2.96. The van der Waals surface area contributed by atoms with Crippen molar-refractivity contribution in [2.45, 2.75) is 26.3 Å². The minimum Gasteiger partial charge on any atom is -0.327 e. The molecule has 0 spiro atoms. The summed E-state index contributed by atoms with van der Waals surface area (Å²) in [7, 11) is 2.06. The molecular weight excluding hydrogens is 184 g/mol. The topological polar surface area (TPSA) is 17.0 Å². The summed E-state index contributed by atoms with van der Waals surface area (Å²) >= 11 is 0. The standard InChI is InChI=1S/C13H20N2/c1-10(2)8-12(14-3)11-9-13(11)15-6-4-5-7-15/h4-7,9-12,14H,8H2,1-3H3. The van der Waals surface area contributed by atoms with Gasteiger partial charge >= 0.3 is 0 Å². The number of hydrogen-bond donors (Lipinski definition) is 1. The van der Waals surface area contributed by atoms with Gasteiger partial charge in [-0.3, -0.25) is 0 Å². The maximum atomic E-state index is 3.42. The minimum atomic E-state index is 0.599. The predicted molar refractivity (Wildman–Crippen MR) is 64.5 cm³/mol. The Hall–Kier alpha value is -1.02. The summed E-state index contributed by atoms with van der Waals surface area (Å²) in [4.78, 5) is 0. The SMILES string of the molecule is CNC(CC(C)C)C1C=C1n1cccc1. The van der Waals surface area contributed by atoms with Crippen LogP contribution in [-0.4, -0.2) is 17.7 Å². The summed E-state index contributed by atoms with van der Waals surface area (Å²) < 4.78 is 2.22. The van der Waals surface area contributed by atoms with Crippen LogP contribution < -0.4 is 5.32 Å². The minimum absolute atomic E-state index is 0.599. The van der Waals surface area contributed by atoms with Gasteiger partial charge < -0.3 is 9.88 Å². The fraction of sp³-hybridized carbons (Fsp3) is 0.538. The Balaban J connectivity index is 1.93. The maximum Gasteiger partial charge on any atom is 0.0346 e. The van der Waals surface area contributed by atoms with Gasteiger partial charge in [-0.15, -0.1) is 0 Å². The van der Waals surface area contributed by atoms with Gasteiger partial charge in [0.1, 0.15) is 0 Å². The van der Waals surface area contributed by atoms with Crippen molar-refractivity contribution < 1.29 is 0 Å². The summed E-state index contributed by atoms with van der Waals surface area (Å²) in [6, 6.07) is 4.75. The molecule has 0 radical (unpaired) electrons. The Morgan fingerprint density at radius 3 is 2.53 bits per heavy atom. The van der Waals surface area contributed by atoms with E-state index in [1.807, 2.05) is 0 Å². The fourth-order valence-corrected chi connectivity index (χ4v) is 2.17. The predicted octanol–water partition coefficient (Wildman–Crippen LogP) is 2.59. The van der Waals surface area contributed by atoms with Crippen LogP contribution in [-0.2, 0) is 0 Å². The number of nitrogens with zero attached hydrogens (tertiary/aromatic N) is 1. The van der Waals surface area contributed by atoms with Crippen molar-refractivity contribution in [3.63, 3.8) is 0 Å². The molecule has 82 valence electrons. The summed E-state index contributed by atoms with van der Waals surface area (Å²) in [5.41, 5.74) is 1.44. The Morgan fingerprint density at radius 2 is 2.00 bits per heavy atom. The molecule has 15 heavy (non-hydrogen) atoms. The fourth-order valence-electron chi connectivity index (χ4n) is 2.17. The molecule has 1 aliphatic carbocycles. The van der Waals surface area contributed by atoms with Crippen molar-refractivity contribution in [1.82, 2.24) is 9.88 Å². The zero-order chi connectivity index (χ0) is 10.8. The van der Waals surface area contributed by atoms with Gasteiger partial charge in [-0.1, -0.05) is 19.9 Å². The van der Waals surface area contributed by atoms with Gasteiger partial charge in [-0.25, -0.2) is 0 Å². The van der Waals surface area contributed by atoms with Crippen molar-refractivity contribution in [3.05, 3.63) is 30.6 Å². The van der Waals surface area contributed by atoms with Crippen LogP contribution in [0.4, 0.5) is 0 Å². The van der Waals surface area contributed by atoms with Crippen molar-refractivity contribution in [1.29, 1.82) is 0 Å². The van der Waals surface area contributed by atoms with E-state index in [0.29, 0.717) is 12.0 Å². The molecule has 0 aliphatic heterocycles. The molecule has 0 saturated heterocycles. The average Bonchev–Trinajstić information content (AvgIpc) is 2.80.